The molecule has 1 N–H and O–H groups in total. The second-order valence-electron chi connectivity index (χ2n) is 8.24. The number of nitrogens with zero attached hydrogens (tertiary/aromatic N) is 2. The monoisotopic (exact) mass is 527 g/mol. The molecular formula is C24H31ClFN3O5S. The van der Waals surface area contributed by atoms with E-state index in [0.29, 0.717) is 17.7 Å². The van der Waals surface area contributed by atoms with Gasteiger partial charge in [0.25, 0.3) is 0 Å². The SMILES string of the molecule is CC[C@H](C)NC(=O)[C@@H](C)N(Cc1cccc(OC)c1)C(=O)CN(c1ccc(F)c(Cl)c1)S(C)(=O)=O. The van der Waals surface area contributed by atoms with E-state index in [-0.39, 0.29) is 29.2 Å². The molecule has 11 heteroatoms. The molecule has 35 heavy (non-hydrogen) atoms. The van der Waals surface area contributed by atoms with Crippen molar-refractivity contribution in [2.24, 2.45) is 0 Å². The third-order valence-corrected chi connectivity index (χ3v) is 6.96. The van der Waals surface area contributed by atoms with Crippen LogP contribution >= 0.6 is 11.6 Å². The Bertz CT molecular complexity index is 1160. The predicted molar refractivity (Wildman–Crippen MR) is 135 cm³/mol. The number of methoxy groups -OCH3 is 1. The van der Waals surface area contributed by atoms with E-state index in [9.17, 15) is 22.4 Å². The Morgan fingerprint density at radius 3 is 2.43 bits per heavy atom. The smallest absolute Gasteiger partial charge is 0.244 e. The summed E-state index contributed by atoms with van der Waals surface area (Å²) in [6, 6.07) is 9.38. The molecule has 0 aliphatic carbocycles. The highest BCUT2D eigenvalue weighted by Crippen LogP contribution is 2.25. The third-order valence-electron chi connectivity index (χ3n) is 5.53. The van der Waals surface area contributed by atoms with Gasteiger partial charge in [-0.15, -0.1) is 0 Å². The van der Waals surface area contributed by atoms with Gasteiger partial charge in [0.2, 0.25) is 21.8 Å². The lowest BCUT2D eigenvalue weighted by Crippen LogP contribution is -2.52. The van der Waals surface area contributed by atoms with E-state index in [1.54, 1.807) is 31.2 Å². The molecule has 0 fully saturated rings. The molecular weight excluding hydrogens is 497 g/mol. The maximum atomic E-state index is 13.7. The van der Waals surface area contributed by atoms with Crippen LogP contribution in [-0.4, -0.2) is 57.1 Å². The maximum Gasteiger partial charge on any atom is 0.244 e. The molecule has 2 amide bonds. The molecule has 0 radical (unpaired) electrons. The molecule has 8 nitrogen and oxygen atoms in total. The van der Waals surface area contributed by atoms with Crippen LogP contribution in [0, 0.1) is 5.82 Å². The maximum absolute atomic E-state index is 13.7. The standard InChI is InChI=1S/C24H31ClFN3O5S/c1-6-16(2)27-24(31)17(3)28(14-18-8-7-9-20(12-18)34-4)23(30)15-29(35(5,32)33)19-10-11-22(26)21(25)13-19/h7-13,16-17H,6,14-15H2,1-5H3,(H,27,31)/t16-,17+/m0/s1. The fourth-order valence-corrected chi connectivity index (χ4v) is 4.29. The van der Waals surface area contributed by atoms with Crippen LogP contribution in [0.3, 0.4) is 0 Å². The minimum atomic E-state index is -3.94. The molecule has 0 aromatic heterocycles. The zero-order valence-corrected chi connectivity index (χ0v) is 22.0. The number of ether oxygens (including phenoxy) is 1. The summed E-state index contributed by atoms with van der Waals surface area (Å²) in [5, 5.41) is 2.57. The fraction of sp³-hybridized carbons (Fsp3) is 0.417. The number of hydrogen-bond donors (Lipinski definition) is 1. The number of hydrogen-bond acceptors (Lipinski definition) is 5. The largest absolute Gasteiger partial charge is 0.497 e. The Morgan fingerprint density at radius 2 is 1.86 bits per heavy atom. The van der Waals surface area contributed by atoms with Crippen molar-refractivity contribution in [3.8, 4) is 5.75 Å². The minimum absolute atomic E-state index is 0.0327. The summed E-state index contributed by atoms with van der Waals surface area (Å²) >= 11 is 5.84. The van der Waals surface area contributed by atoms with Crippen molar-refractivity contribution in [1.29, 1.82) is 0 Å². The number of halogens is 2. The van der Waals surface area contributed by atoms with Gasteiger partial charge in [-0.3, -0.25) is 13.9 Å². The van der Waals surface area contributed by atoms with Gasteiger partial charge in [0, 0.05) is 12.6 Å². The second kappa shape index (κ2) is 12.2. The van der Waals surface area contributed by atoms with Gasteiger partial charge in [-0.05, 0) is 56.2 Å². The number of amides is 2. The highest BCUT2D eigenvalue weighted by molar-refractivity contribution is 7.92. The summed E-state index contributed by atoms with van der Waals surface area (Å²) in [5.41, 5.74) is 0.724. The van der Waals surface area contributed by atoms with Crippen molar-refractivity contribution in [2.75, 3.05) is 24.2 Å². The van der Waals surface area contributed by atoms with Crippen LogP contribution in [0.2, 0.25) is 5.02 Å². The lowest BCUT2D eigenvalue weighted by atomic mass is 10.1. The van der Waals surface area contributed by atoms with Crippen LogP contribution in [0.15, 0.2) is 42.5 Å². The topological polar surface area (TPSA) is 96.0 Å². The Hall–Kier alpha value is -2.85. The number of sulfonamides is 1. The minimum Gasteiger partial charge on any atom is -0.497 e. The zero-order chi connectivity index (χ0) is 26.3. The normalized spacial score (nSPS) is 13.0. The summed E-state index contributed by atoms with van der Waals surface area (Å²) in [5.74, 6) is -1.13. The van der Waals surface area contributed by atoms with Gasteiger partial charge in [-0.2, -0.15) is 0 Å². The molecule has 0 unspecified atom stereocenters. The number of anilines is 1. The predicted octanol–water partition coefficient (Wildman–Crippen LogP) is 3.59. The van der Waals surface area contributed by atoms with Crippen molar-refractivity contribution in [2.45, 2.75) is 45.8 Å². The van der Waals surface area contributed by atoms with Gasteiger partial charge in [-0.1, -0.05) is 30.7 Å². The quantitative estimate of drug-likeness (QED) is 0.482. The summed E-state index contributed by atoms with van der Waals surface area (Å²) in [6.45, 7) is 4.78. The summed E-state index contributed by atoms with van der Waals surface area (Å²) < 4.78 is 44.8. The summed E-state index contributed by atoms with van der Waals surface area (Å²) in [6.07, 6.45) is 1.64. The Kier molecular flexibility index (Phi) is 9.91. The molecule has 0 bridgehead atoms. The van der Waals surface area contributed by atoms with Gasteiger partial charge in [0.1, 0.15) is 24.2 Å². The van der Waals surface area contributed by atoms with Gasteiger partial charge in [-0.25, -0.2) is 12.8 Å². The van der Waals surface area contributed by atoms with Crippen LogP contribution in [0.1, 0.15) is 32.8 Å². The second-order valence-corrected chi connectivity index (χ2v) is 10.5. The molecule has 0 spiro atoms. The number of nitrogens with one attached hydrogen (secondary N) is 1. The molecule has 2 aromatic rings. The average Bonchev–Trinajstić information content (AvgIpc) is 2.81. The molecule has 0 aliphatic rings. The highest BCUT2D eigenvalue weighted by atomic mass is 35.5. The van der Waals surface area contributed by atoms with Crippen LogP contribution in [0.5, 0.6) is 5.75 Å². The van der Waals surface area contributed by atoms with Gasteiger partial charge < -0.3 is 15.0 Å². The molecule has 0 heterocycles. The molecule has 0 aliphatic heterocycles. The molecule has 192 valence electrons. The average molecular weight is 528 g/mol. The molecule has 0 saturated carbocycles. The van der Waals surface area contributed by atoms with Crippen LogP contribution < -0.4 is 14.4 Å². The Balaban J connectivity index is 2.42. The molecule has 0 saturated heterocycles. The van der Waals surface area contributed by atoms with Gasteiger partial charge in [0.15, 0.2) is 0 Å². The van der Waals surface area contributed by atoms with E-state index < -0.39 is 34.3 Å². The lowest BCUT2D eigenvalue weighted by molar-refractivity contribution is -0.139. The van der Waals surface area contributed by atoms with E-state index in [0.717, 1.165) is 22.7 Å². The Morgan fingerprint density at radius 1 is 1.17 bits per heavy atom. The zero-order valence-electron chi connectivity index (χ0n) is 20.4. The lowest BCUT2D eigenvalue weighted by Gasteiger charge is -2.32. The first kappa shape index (κ1) is 28.4. The highest BCUT2D eigenvalue weighted by Gasteiger charge is 2.30. The number of carbonyl (C=O) groups is 2. The van der Waals surface area contributed by atoms with Crippen LogP contribution in [0.25, 0.3) is 0 Å². The molecule has 2 atom stereocenters. The van der Waals surface area contributed by atoms with Gasteiger partial charge >= 0.3 is 0 Å². The first-order valence-corrected chi connectivity index (χ1v) is 13.3. The number of benzene rings is 2. The van der Waals surface area contributed by atoms with E-state index >= 15 is 0 Å². The van der Waals surface area contributed by atoms with Crippen molar-refractivity contribution in [3.63, 3.8) is 0 Å². The van der Waals surface area contributed by atoms with E-state index in [4.69, 9.17) is 16.3 Å². The Labute approximate surface area is 211 Å². The van der Waals surface area contributed by atoms with E-state index in [2.05, 4.69) is 5.32 Å². The summed E-state index contributed by atoms with van der Waals surface area (Å²) in [4.78, 5) is 27.7. The third kappa shape index (κ3) is 7.83. The number of rotatable bonds is 11. The van der Waals surface area contributed by atoms with Crippen molar-refractivity contribution >= 4 is 39.1 Å². The van der Waals surface area contributed by atoms with Crippen LogP contribution in [0.4, 0.5) is 10.1 Å². The molecule has 2 rings (SSSR count). The van der Waals surface area contributed by atoms with Gasteiger partial charge in [0.05, 0.1) is 24.1 Å². The first-order valence-electron chi connectivity index (χ1n) is 11.0. The van der Waals surface area contributed by atoms with Crippen molar-refractivity contribution < 1.29 is 27.1 Å². The summed E-state index contributed by atoms with van der Waals surface area (Å²) in [7, 11) is -2.43. The molecule has 2 aromatic carbocycles. The van der Waals surface area contributed by atoms with Crippen LogP contribution in [-0.2, 0) is 26.2 Å². The van der Waals surface area contributed by atoms with Crippen molar-refractivity contribution in [3.05, 3.63) is 58.9 Å². The van der Waals surface area contributed by atoms with E-state index in [1.165, 1.54) is 18.1 Å². The first-order chi connectivity index (χ1) is 16.4. The van der Waals surface area contributed by atoms with E-state index in [1.807, 2.05) is 13.8 Å². The van der Waals surface area contributed by atoms with Crippen molar-refractivity contribution in [1.82, 2.24) is 10.2 Å². The number of carbonyl (C=O) groups excluding carboxylic acids is 2. The fourth-order valence-electron chi connectivity index (χ4n) is 3.27.